The van der Waals surface area contributed by atoms with E-state index in [0.717, 1.165) is 6.42 Å². The Hall–Kier alpha value is -0.570. The lowest BCUT2D eigenvalue weighted by Crippen LogP contribution is -2.49. The molecule has 3 nitrogen and oxygen atoms in total. The Kier molecular flexibility index (Phi) is 4.00. The van der Waals surface area contributed by atoms with Gasteiger partial charge >= 0.3 is 5.97 Å². The third kappa shape index (κ3) is 2.76. The number of carboxylic acid groups (broad SMARTS) is 1. The number of carbonyl (C=O) groups is 1. The van der Waals surface area contributed by atoms with Crippen LogP contribution in [0.25, 0.3) is 0 Å². The van der Waals surface area contributed by atoms with Gasteiger partial charge in [0.2, 0.25) is 0 Å². The van der Waals surface area contributed by atoms with Gasteiger partial charge in [-0.1, -0.05) is 27.7 Å². The lowest BCUT2D eigenvalue weighted by Gasteiger charge is -2.43. The van der Waals surface area contributed by atoms with E-state index < -0.39 is 17.5 Å². The van der Waals surface area contributed by atoms with E-state index in [0.29, 0.717) is 24.7 Å². The summed E-state index contributed by atoms with van der Waals surface area (Å²) in [6.45, 7) is 7.95. The molecule has 3 heteroatoms. The normalized spacial score (nSPS) is 37.4. The van der Waals surface area contributed by atoms with Crippen LogP contribution in [0, 0.1) is 23.7 Å². The number of rotatable bonds is 3. The third-order valence-corrected chi connectivity index (χ3v) is 3.72. The van der Waals surface area contributed by atoms with Crippen LogP contribution in [0.2, 0.25) is 0 Å². The molecule has 2 N–H and O–H groups in total. The first-order valence-electron chi connectivity index (χ1n) is 6.21. The quantitative estimate of drug-likeness (QED) is 0.780. The molecule has 1 rings (SSSR count). The SMILES string of the molecule is CC1CC(C)CC(O)(C(C(=O)O)C(C)C)C1. The second-order valence-electron chi connectivity index (χ2n) is 6.02. The molecular weight excluding hydrogens is 204 g/mol. The van der Waals surface area contributed by atoms with Crippen molar-refractivity contribution in [1.82, 2.24) is 0 Å². The van der Waals surface area contributed by atoms with Crippen LogP contribution >= 0.6 is 0 Å². The minimum atomic E-state index is -1.02. The Morgan fingerprint density at radius 2 is 1.69 bits per heavy atom. The van der Waals surface area contributed by atoms with Crippen molar-refractivity contribution in [3.63, 3.8) is 0 Å². The van der Waals surface area contributed by atoms with Crippen molar-refractivity contribution in [2.75, 3.05) is 0 Å². The molecule has 0 radical (unpaired) electrons. The van der Waals surface area contributed by atoms with Crippen molar-refractivity contribution in [2.45, 2.75) is 52.6 Å². The number of aliphatic carboxylic acids is 1. The lowest BCUT2D eigenvalue weighted by molar-refractivity contribution is -0.162. The van der Waals surface area contributed by atoms with E-state index in [-0.39, 0.29) is 5.92 Å². The Morgan fingerprint density at radius 1 is 1.25 bits per heavy atom. The fourth-order valence-electron chi connectivity index (χ4n) is 3.53. The number of hydrogen-bond acceptors (Lipinski definition) is 2. The molecule has 1 fully saturated rings. The molecule has 0 aromatic rings. The molecule has 94 valence electrons. The van der Waals surface area contributed by atoms with Gasteiger partial charge in [-0.25, -0.2) is 0 Å². The van der Waals surface area contributed by atoms with Crippen molar-refractivity contribution in [1.29, 1.82) is 0 Å². The molecular formula is C13H24O3. The predicted octanol–water partition coefficient (Wildman–Crippen LogP) is 2.53. The largest absolute Gasteiger partial charge is 0.481 e. The Bertz CT molecular complexity index is 250. The van der Waals surface area contributed by atoms with Gasteiger partial charge in [0, 0.05) is 0 Å². The molecule has 3 atom stereocenters. The summed E-state index contributed by atoms with van der Waals surface area (Å²) in [5.41, 5.74) is -1.02. The van der Waals surface area contributed by atoms with Gasteiger partial charge in [-0.2, -0.15) is 0 Å². The minimum absolute atomic E-state index is 0.0278. The molecule has 0 aromatic heterocycles. The van der Waals surface area contributed by atoms with Crippen molar-refractivity contribution in [2.24, 2.45) is 23.7 Å². The molecule has 0 aromatic carbocycles. The lowest BCUT2D eigenvalue weighted by atomic mass is 9.65. The summed E-state index contributed by atoms with van der Waals surface area (Å²) in [5, 5.41) is 19.9. The van der Waals surface area contributed by atoms with Gasteiger partial charge in [-0.3, -0.25) is 4.79 Å². The van der Waals surface area contributed by atoms with Gasteiger partial charge in [0.05, 0.1) is 11.5 Å². The van der Waals surface area contributed by atoms with Gasteiger partial charge in [0.15, 0.2) is 0 Å². The summed E-state index contributed by atoms with van der Waals surface area (Å²) in [6, 6.07) is 0. The average Bonchev–Trinajstić information content (AvgIpc) is 1.96. The molecule has 1 aliphatic rings. The first-order valence-corrected chi connectivity index (χ1v) is 6.21. The van der Waals surface area contributed by atoms with E-state index in [2.05, 4.69) is 13.8 Å². The molecule has 0 amide bonds. The Balaban J connectivity index is 2.92. The van der Waals surface area contributed by atoms with Crippen LogP contribution in [0.1, 0.15) is 47.0 Å². The van der Waals surface area contributed by atoms with Crippen molar-refractivity contribution < 1.29 is 15.0 Å². The Morgan fingerprint density at radius 3 is 2.00 bits per heavy atom. The number of hydrogen-bond donors (Lipinski definition) is 2. The molecule has 0 aliphatic heterocycles. The van der Waals surface area contributed by atoms with Crippen LogP contribution in [0.3, 0.4) is 0 Å². The maximum Gasteiger partial charge on any atom is 0.309 e. The maximum absolute atomic E-state index is 11.3. The van der Waals surface area contributed by atoms with Gasteiger partial charge < -0.3 is 10.2 Å². The van der Waals surface area contributed by atoms with E-state index in [1.165, 1.54) is 0 Å². The fourth-order valence-corrected chi connectivity index (χ4v) is 3.53. The number of aliphatic hydroxyl groups is 1. The topological polar surface area (TPSA) is 57.5 Å². The smallest absolute Gasteiger partial charge is 0.309 e. The first kappa shape index (κ1) is 13.5. The van der Waals surface area contributed by atoms with Crippen LogP contribution in [0.4, 0.5) is 0 Å². The monoisotopic (exact) mass is 228 g/mol. The predicted molar refractivity (Wildman–Crippen MR) is 63.1 cm³/mol. The zero-order valence-corrected chi connectivity index (χ0v) is 10.7. The summed E-state index contributed by atoms with van der Waals surface area (Å²) >= 11 is 0. The van der Waals surface area contributed by atoms with Gasteiger partial charge in [-0.15, -0.1) is 0 Å². The van der Waals surface area contributed by atoms with Crippen LogP contribution in [0.5, 0.6) is 0 Å². The van der Waals surface area contributed by atoms with E-state index in [1.807, 2.05) is 13.8 Å². The highest BCUT2D eigenvalue weighted by Gasteiger charge is 2.47. The summed E-state index contributed by atoms with van der Waals surface area (Å²) < 4.78 is 0. The van der Waals surface area contributed by atoms with E-state index >= 15 is 0 Å². The fraction of sp³-hybridized carbons (Fsp3) is 0.923. The first-order chi connectivity index (χ1) is 7.26. The second-order valence-corrected chi connectivity index (χ2v) is 6.02. The van der Waals surface area contributed by atoms with E-state index in [4.69, 9.17) is 0 Å². The molecule has 3 unspecified atom stereocenters. The van der Waals surface area contributed by atoms with E-state index in [9.17, 15) is 15.0 Å². The van der Waals surface area contributed by atoms with Crippen molar-refractivity contribution >= 4 is 5.97 Å². The van der Waals surface area contributed by atoms with Crippen molar-refractivity contribution in [3.8, 4) is 0 Å². The Labute approximate surface area is 97.9 Å². The molecule has 0 spiro atoms. The standard InChI is InChI=1S/C13H24O3/c1-8(2)11(12(14)15)13(16)6-9(3)5-10(4)7-13/h8-11,16H,5-7H2,1-4H3,(H,14,15). The molecule has 0 heterocycles. The molecule has 0 bridgehead atoms. The second kappa shape index (κ2) is 4.74. The van der Waals surface area contributed by atoms with Crippen LogP contribution in [0.15, 0.2) is 0 Å². The zero-order chi connectivity index (χ0) is 12.5. The molecule has 1 saturated carbocycles. The van der Waals surface area contributed by atoms with Crippen LogP contribution in [-0.4, -0.2) is 21.8 Å². The third-order valence-electron chi connectivity index (χ3n) is 3.72. The molecule has 0 saturated heterocycles. The summed E-state index contributed by atoms with van der Waals surface area (Å²) in [6.07, 6.45) is 2.33. The van der Waals surface area contributed by atoms with Gasteiger partial charge in [-0.05, 0) is 37.0 Å². The maximum atomic E-state index is 11.3. The molecule has 16 heavy (non-hydrogen) atoms. The average molecular weight is 228 g/mol. The van der Waals surface area contributed by atoms with E-state index in [1.54, 1.807) is 0 Å². The number of carboxylic acids is 1. The van der Waals surface area contributed by atoms with Crippen LogP contribution < -0.4 is 0 Å². The highest BCUT2D eigenvalue weighted by atomic mass is 16.4. The summed E-state index contributed by atoms with van der Waals surface area (Å²) in [4.78, 5) is 11.3. The van der Waals surface area contributed by atoms with Crippen LogP contribution in [-0.2, 0) is 4.79 Å². The molecule has 1 aliphatic carbocycles. The zero-order valence-electron chi connectivity index (χ0n) is 10.7. The highest BCUT2D eigenvalue weighted by Crippen LogP contribution is 2.42. The summed E-state index contributed by atoms with van der Waals surface area (Å²) in [5.74, 6) is -0.708. The van der Waals surface area contributed by atoms with Gasteiger partial charge in [0.25, 0.3) is 0 Å². The highest BCUT2D eigenvalue weighted by molar-refractivity contribution is 5.71. The van der Waals surface area contributed by atoms with Gasteiger partial charge in [0.1, 0.15) is 0 Å². The van der Waals surface area contributed by atoms with Crippen molar-refractivity contribution in [3.05, 3.63) is 0 Å². The summed E-state index contributed by atoms with van der Waals surface area (Å²) in [7, 11) is 0. The minimum Gasteiger partial charge on any atom is -0.481 e.